The van der Waals surface area contributed by atoms with Crippen LogP contribution >= 0.6 is 15.9 Å². The minimum Gasteiger partial charge on any atom is -0.458 e. The number of benzene rings is 2. The van der Waals surface area contributed by atoms with Crippen molar-refractivity contribution in [3.63, 3.8) is 0 Å². The van der Waals surface area contributed by atoms with Gasteiger partial charge in [0.15, 0.2) is 11.5 Å². The van der Waals surface area contributed by atoms with E-state index in [0.29, 0.717) is 39.3 Å². The van der Waals surface area contributed by atoms with Crippen LogP contribution in [-0.4, -0.2) is 19.5 Å². The first kappa shape index (κ1) is 18.5. The van der Waals surface area contributed by atoms with Crippen LogP contribution in [0.15, 0.2) is 74.9 Å². The van der Waals surface area contributed by atoms with Gasteiger partial charge in [-0.25, -0.2) is 15.0 Å². The molecule has 5 rings (SSSR count). The zero-order valence-corrected chi connectivity index (χ0v) is 17.5. The van der Waals surface area contributed by atoms with E-state index in [1.165, 1.54) is 6.33 Å². The summed E-state index contributed by atoms with van der Waals surface area (Å²) in [6, 6.07) is 14.6. The molecule has 0 saturated carbocycles. The van der Waals surface area contributed by atoms with Gasteiger partial charge >= 0.3 is 0 Å². The zero-order chi connectivity index (χ0) is 20.8. The van der Waals surface area contributed by atoms with Crippen molar-refractivity contribution in [3.05, 3.63) is 81.6 Å². The molecule has 0 radical (unpaired) electrons. The lowest BCUT2D eigenvalue weighted by atomic mass is 9.99. The van der Waals surface area contributed by atoms with E-state index in [0.717, 1.165) is 10.0 Å². The maximum absolute atomic E-state index is 13.5. The van der Waals surface area contributed by atoms with E-state index in [4.69, 9.17) is 10.2 Å². The monoisotopic (exact) mass is 461 g/mol. The number of nitrogen functional groups attached to an aromatic ring is 1. The van der Waals surface area contributed by atoms with Crippen molar-refractivity contribution in [2.75, 3.05) is 5.73 Å². The normalized spacial score (nSPS) is 12.5. The van der Waals surface area contributed by atoms with Crippen LogP contribution in [0.4, 0.5) is 5.82 Å². The summed E-state index contributed by atoms with van der Waals surface area (Å²) in [5.74, 6) is 0.830. The maximum atomic E-state index is 13.5. The van der Waals surface area contributed by atoms with E-state index >= 15 is 0 Å². The van der Waals surface area contributed by atoms with Crippen molar-refractivity contribution in [3.8, 4) is 11.1 Å². The molecule has 0 aliphatic rings. The van der Waals surface area contributed by atoms with Crippen LogP contribution in [0.5, 0.6) is 0 Å². The molecule has 0 saturated heterocycles. The third kappa shape index (κ3) is 2.88. The molecule has 148 valence electrons. The van der Waals surface area contributed by atoms with Crippen molar-refractivity contribution in [1.29, 1.82) is 0 Å². The quantitative estimate of drug-likeness (QED) is 0.422. The Morgan fingerprint density at radius 1 is 1.10 bits per heavy atom. The Balaban J connectivity index is 1.82. The van der Waals surface area contributed by atoms with Gasteiger partial charge in [-0.05, 0) is 30.7 Å². The van der Waals surface area contributed by atoms with Crippen LogP contribution < -0.4 is 11.2 Å². The fraction of sp³-hybridized carbons (Fsp3) is 0.0909. The predicted octanol–water partition coefficient (Wildman–Crippen LogP) is 4.55. The van der Waals surface area contributed by atoms with Gasteiger partial charge in [-0.1, -0.05) is 46.3 Å². The lowest BCUT2D eigenvalue weighted by Gasteiger charge is -2.18. The molecule has 0 fully saturated rings. The molecule has 0 bridgehead atoms. The lowest BCUT2D eigenvalue weighted by Crippen LogP contribution is -2.15. The van der Waals surface area contributed by atoms with Gasteiger partial charge in [0.2, 0.25) is 5.43 Å². The second-order valence-corrected chi connectivity index (χ2v) is 7.85. The van der Waals surface area contributed by atoms with E-state index in [1.807, 2.05) is 47.9 Å². The van der Waals surface area contributed by atoms with Crippen molar-refractivity contribution < 1.29 is 4.42 Å². The Bertz CT molecular complexity index is 1460. The number of nitrogens with two attached hydrogens (primary N) is 1. The van der Waals surface area contributed by atoms with Crippen molar-refractivity contribution in [2.24, 2.45) is 0 Å². The molecule has 0 spiro atoms. The molecule has 1 atom stereocenters. The first-order valence-electron chi connectivity index (χ1n) is 9.29. The summed E-state index contributed by atoms with van der Waals surface area (Å²) in [6.07, 6.45) is 3.04. The molecule has 1 unspecified atom stereocenters. The second kappa shape index (κ2) is 7.07. The molecule has 5 aromatic rings. The van der Waals surface area contributed by atoms with Gasteiger partial charge in [-0.2, -0.15) is 0 Å². The van der Waals surface area contributed by atoms with E-state index in [2.05, 4.69) is 30.9 Å². The van der Waals surface area contributed by atoms with Crippen LogP contribution in [0.25, 0.3) is 33.3 Å². The molecule has 2 N–H and O–H groups in total. The van der Waals surface area contributed by atoms with E-state index in [1.54, 1.807) is 18.5 Å². The number of halogens is 1. The molecule has 3 heterocycles. The molecule has 0 aliphatic carbocycles. The molecule has 30 heavy (non-hydrogen) atoms. The summed E-state index contributed by atoms with van der Waals surface area (Å²) in [5.41, 5.74) is 8.75. The molecule has 0 aliphatic heterocycles. The Morgan fingerprint density at radius 3 is 2.70 bits per heavy atom. The van der Waals surface area contributed by atoms with Crippen LogP contribution in [0, 0.1) is 0 Å². The van der Waals surface area contributed by atoms with Crippen LogP contribution in [-0.2, 0) is 0 Å². The number of anilines is 1. The highest BCUT2D eigenvalue weighted by molar-refractivity contribution is 9.10. The highest BCUT2D eigenvalue weighted by atomic mass is 79.9. The minimum atomic E-state index is -0.361. The molecule has 7 nitrogen and oxygen atoms in total. The Labute approximate surface area is 179 Å². The summed E-state index contributed by atoms with van der Waals surface area (Å²) < 4.78 is 8.95. The molecular weight excluding hydrogens is 446 g/mol. The SMILES string of the molecule is CC(c1oc2ccc(Br)cc2c(=O)c1-c1ccccc1)n1cnc2c(N)ncnc21. The average molecular weight is 462 g/mol. The molecule has 3 aromatic heterocycles. The number of hydrogen-bond donors (Lipinski definition) is 1. The number of hydrogen-bond acceptors (Lipinski definition) is 6. The van der Waals surface area contributed by atoms with Crippen molar-refractivity contribution >= 4 is 43.9 Å². The smallest absolute Gasteiger partial charge is 0.200 e. The maximum Gasteiger partial charge on any atom is 0.200 e. The van der Waals surface area contributed by atoms with Gasteiger partial charge in [-0.15, -0.1) is 0 Å². The number of aromatic nitrogens is 4. The number of fused-ring (bicyclic) bond motifs is 2. The standard InChI is InChI=1S/C22H16BrN5O2/c1-12(28-11-27-18-21(24)25-10-26-22(18)28)20-17(13-5-3-2-4-6-13)19(29)15-9-14(23)7-8-16(15)30-20/h2-12H,1H3,(H2,24,25,26). The number of imidazole rings is 1. The van der Waals surface area contributed by atoms with Gasteiger partial charge in [0.25, 0.3) is 0 Å². The van der Waals surface area contributed by atoms with Crippen LogP contribution in [0.1, 0.15) is 18.7 Å². The zero-order valence-electron chi connectivity index (χ0n) is 15.9. The van der Waals surface area contributed by atoms with E-state index < -0.39 is 0 Å². The highest BCUT2D eigenvalue weighted by Crippen LogP contribution is 2.33. The summed E-state index contributed by atoms with van der Waals surface area (Å²) in [5, 5.41) is 0.515. The van der Waals surface area contributed by atoms with Gasteiger partial charge in [0.05, 0.1) is 23.3 Å². The summed E-state index contributed by atoms with van der Waals surface area (Å²) >= 11 is 3.44. The van der Waals surface area contributed by atoms with Gasteiger partial charge in [0.1, 0.15) is 23.2 Å². The van der Waals surface area contributed by atoms with E-state index in [9.17, 15) is 4.79 Å². The number of rotatable bonds is 3. The third-order valence-electron chi connectivity index (χ3n) is 5.13. The summed E-state index contributed by atoms with van der Waals surface area (Å²) in [7, 11) is 0. The molecular formula is C22H16BrN5O2. The molecule has 8 heteroatoms. The summed E-state index contributed by atoms with van der Waals surface area (Å²) in [6.45, 7) is 1.94. The van der Waals surface area contributed by atoms with Crippen molar-refractivity contribution in [2.45, 2.75) is 13.0 Å². The van der Waals surface area contributed by atoms with Crippen LogP contribution in [0.3, 0.4) is 0 Å². The Kier molecular flexibility index (Phi) is 4.36. The van der Waals surface area contributed by atoms with Crippen molar-refractivity contribution in [1.82, 2.24) is 19.5 Å². The first-order valence-corrected chi connectivity index (χ1v) is 10.1. The van der Waals surface area contributed by atoms with E-state index in [-0.39, 0.29) is 11.5 Å². The molecule has 2 aromatic carbocycles. The summed E-state index contributed by atoms with van der Waals surface area (Å²) in [4.78, 5) is 26.2. The predicted molar refractivity (Wildman–Crippen MR) is 119 cm³/mol. The lowest BCUT2D eigenvalue weighted by molar-refractivity contribution is 0.468. The van der Waals surface area contributed by atoms with Gasteiger partial charge in [-0.3, -0.25) is 4.79 Å². The topological polar surface area (TPSA) is 99.8 Å². The second-order valence-electron chi connectivity index (χ2n) is 6.94. The fourth-order valence-electron chi connectivity index (χ4n) is 3.64. The van der Waals surface area contributed by atoms with Gasteiger partial charge < -0.3 is 14.7 Å². The van der Waals surface area contributed by atoms with Gasteiger partial charge in [0, 0.05) is 4.47 Å². The fourth-order valence-corrected chi connectivity index (χ4v) is 4.00. The third-order valence-corrected chi connectivity index (χ3v) is 5.62. The number of nitrogens with zero attached hydrogens (tertiary/aromatic N) is 4. The highest BCUT2D eigenvalue weighted by Gasteiger charge is 2.24. The Morgan fingerprint density at radius 2 is 1.90 bits per heavy atom. The largest absolute Gasteiger partial charge is 0.458 e. The average Bonchev–Trinajstić information content (AvgIpc) is 3.20. The molecule has 0 amide bonds. The first-order chi connectivity index (χ1) is 14.5. The van der Waals surface area contributed by atoms with Crippen LogP contribution in [0.2, 0.25) is 0 Å². The Hall–Kier alpha value is -3.52. The minimum absolute atomic E-state index is 0.0934.